The highest BCUT2D eigenvalue weighted by molar-refractivity contribution is 4.84. The Morgan fingerprint density at radius 2 is 1.79 bits per heavy atom. The molecule has 0 heterocycles. The molecule has 2 saturated carbocycles. The van der Waals surface area contributed by atoms with Gasteiger partial charge in [0.2, 0.25) is 0 Å². The summed E-state index contributed by atoms with van der Waals surface area (Å²) in [6, 6.07) is 0.816. The van der Waals surface area contributed by atoms with Gasteiger partial charge in [-0.25, -0.2) is 0 Å². The number of hydrogen-bond donors (Lipinski definition) is 1. The lowest BCUT2D eigenvalue weighted by atomic mass is 9.75. The van der Waals surface area contributed by atoms with E-state index in [2.05, 4.69) is 26.1 Å². The summed E-state index contributed by atoms with van der Waals surface area (Å²) in [7, 11) is 0. The predicted molar refractivity (Wildman–Crippen MR) is 84.4 cm³/mol. The van der Waals surface area contributed by atoms with Crippen molar-refractivity contribution in [2.24, 2.45) is 17.3 Å². The maximum absolute atomic E-state index is 3.94. The fraction of sp³-hybridized carbons (Fsp3) is 1.00. The van der Waals surface area contributed by atoms with Gasteiger partial charge >= 0.3 is 0 Å². The Morgan fingerprint density at radius 3 is 2.47 bits per heavy atom. The van der Waals surface area contributed by atoms with Crippen LogP contribution in [0.3, 0.4) is 0 Å². The largest absolute Gasteiger partial charge is 0.313 e. The number of rotatable bonds is 5. The van der Waals surface area contributed by atoms with Crippen LogP contribution in [0.15, 0.2) is 0 Å². The number of nitrogens with one attached hydrogen (secondary N) is 1. The van der Waals surface area contributed by atoms with Gasteiger partial charge in [-0.15, -0.1) is 0 Å². The third kappa shape index (κ3) is 5.10. The Kier molecular flexibility index (Phi) is 5.74. The highest BCUT2D eigenvalue weighted by Crippen LogP contribution is 2.36. The van der Waals surface area contributed by atoms with Gasteiger partial charge in [-0.3, -0.25) is 0 Å². The first-order valence-corrected chi connectivity index (χ1v) is 8.81. The minimum Gasteiger partial charge on any atom is -0.313 e. The zero-order valence-corrected chi connectivity index (χ0v) is 13.5. The van der Waals surface area contributed by atoms with Crippen LogP contribution in [0.1, 0.15) is 85.0 Å². The molecule has 2 aliphatic rings. The van der Waals surface area contributed by atoms with Crippen molar-refractivity contribution in [2.75, 3.05) is 6.54 Å². The van der Waals surface area contributed by atoms with Crippen molar-refractivity contribution in [3.63, 3.8) is 0 Å². The molecule has 1 nitrogen and oxygen atoms in total. The summed E-state index contributed by atoms with van der Waals surface area (Å²) in [5.74, 6) is 1.87. The third-order valence-electron chi connectivity index (χ3n) is 5.47. The summed E-state index contributed by atoms with van der Waals surface area (Å²) >= 11 is 0. The molecule has 0 aromatic carbocycles. The Morgan fingerprint density at radius 1 is 1.05 bits per heavy atom. The second-order valence-corrected chi connectivity index (χ2v) is 8.11. The smallest absolute Gasteiger partial charge is 0.00699 e. The molecule has 0 radical (unpaired) electrons. The highest BCUT2D eigenvalue weighted by Gasteiger charge is 2.29. The molecule has 0 amide bonds. The molecule has 19 heavy (non-hydrogen) atoms. The van der Waals surface area contributed by atoms with Crippen LogP contribution in [0, 0.1) is 17.3 Å². The Balaban J connectivity index is 1.72. The van der Waals surface area contributed by atoms with E-state index in [4.69, 9.17) is 0 Å². The van der Waals surface area contributed by atoms with Crippen molar-refractivity contribution in [3.8, 4) is 0 Å². The molecule has 0 aliphatic heterocycles. The molecule has 0 bridgehead atoms. The maximum atomic E-state index is 3.94. The van der Waals surface area contributed by atoms with E-state index in [0.29, 0.717) is 5.41 Å². The third-order valence-corrected chi connectivity index (χ3v) is 5.47. The lowest BCUT2D eigenvalue weighted by Gasteiger charge is -2.37. The molecule has 1 heteroatoms. The monoisotopic (exact) mass is 265 g/mol. The van der Waals surface area contributed by atoms with Gasteiger partial charge in [0, 0.05) is 12.6 Å². The van der Waals surface area contributed by atoms with Crippen molar-refractivity contribution < 1.29 is 0 Å². The summed E-state index contributed by atoms with van der Waals surface area (Å²) in [5.41, 5.74) is 0.600. The van der Waals surface area contributed by atoms with Crippen LogP contribution in [-0.4, -0.2) is 12.6 Å². The summed E-state index contributed by atoms with van der Waals surface area (Å²) in [4.78, 5) is 0. The van der Waals surface area contributed by atoms with E-state index in [1.807, 2.05) is 0 Å². The van der Waals surface area contributed by atoms with Gasteiger partial charge in [0.15, 0.2) is 0 Å². The second kappa shape index (κ2) is 7.11. The topological polar surface area (TPSA) is 12.0 Å². The Bertz CT molecular complexity index is 252. The van der Waals surface area contributed by atoms with Crippen molar-refractivity contribution in [1.82, 2.24) is 5.32 Å². The molecule has 2 unspecified atom stereocenters. The van der Waals surface area contributed by atoms with Crippen LogP contribution >= 0.6 is 0 Å². The summed E-state index contributed by atoms with van der Waals surface area (Å²) in [5, 5.41) is 3.94. The van der Waals surface area contributed by atoms with Crippen LogP contribution in [0.25, 0.3) is 0 Å². The first kappa shape index (κ1) is 15.4. The minimum atomic E-state index is 0.600. The molecule has 0 spiro atoms. The zero-order valence-electron chi connectivity index (χ0n) is 13.5. The molecule has 112 valence electrons. The number of hydrogen-bond acceptors (Lipinski definition) is 1. The minimum absolute atomic E-state index is 0.600. The molecule has 2 aliphatic carbocycles. The fourth-order valence-corrected chi connectivity index (χ4v) is 4.33. The van der Waals surface area contributed by atoms with Gasteiger partial charge in [0.05, 0.1) is 0 Å². The molecule has 2 atom stereocenters. The Hall–Kier alpha value is -0.0400. The Labute approximate surface area is 120 Å². The molecule has 0 aromatic heterocycles. The zero-order chi connectivity index (χ0) is 13.7. The normalized spacial score (nSPS) is 31.6. The van der Waals surface area contributed by atoms with E-state index < -0.39 is 0 Å². The van der Waals surface area contributed by atoms with Gasteiger partial charge in [0.1, 0.15) is 0 Å². The molecule has 2 fully saturated rings. The fourth-order valence-electron chi connectivity index (χ4n) is 4.33. The van der Waals surface area contributed by atoms with Gasteiger partial charge < -0.3 is 5.32 Å². The standard InChI is InChI=1S/C18H35N/c1-15(2)12-16-8-7-9-17(13-16)19-14-18(3)10-5-4-6-11-18/h15-17,19H,4-14H2,1-3H3. The molecule has 0 saturated heterocycles. The SMILES string of the molecule is CC(C)CC1CCCC(NCC2(C)CCCCC2)C1. The van der Waals surface area contributed by atoms with Crippen molar-refractivity contribution in [2.45, 2.75) is 91.0 Å². The molecular formula is C18H35N. The average molecular weight is 265 g/mol. The molecule has 2 rings (SSSR count). The summed E-state index contributed by atoms with van der Waals surface area (Å²) in [6.07, 6.45) is 14.5. The van der Waals surface area contributed by atoms with Gasteiger partial charge in [0.25, 0.3) is 0 Å². The van der Waals surface area contributed by atoms with Gasteiger partial charge in [-0.05, 0) is 49.4 Å². The summed E-state index contributed by atoms with van der Waals surface area (Å²) < 4.78 is 0. The second-order valence-electron chi connectivity index (χ2n) is 8.11. The van der Waals surface area contributed by atoms with Crippen molar-refractivity contribution in [3.05, 3.63) is 0 Å². The average Bonchev–Trinajstić information content (AvgIpc) is 2.37. The lowest BCUT2D eigenvalue weighted by Crippen LogP contribution is -2.41. The van der Waals surface area contributed by atoms with E-state index >= 15 is 0 Å². The highest BCUT2D eigenvalue weighted by atomic mass is 14.9. The van der Waals surface area contributed by atoms with E-state index in [9.17, 15) is 0 Å². The van der Waals surface area contributed by atoms with E-state index in [1.54, 1.807) is 0 Å². The van der Waals surface area contributed by atoms with Crippen LogP contribution in [0.5, 0.6) is 0 Å². The van der Waals surface area contributed by atoms with Crippen molar-refractivity contribution >= 4 is 0 Å². The molecular weight excluding hydrogens is 230 g/mol. The van der Waals surface area contributed by atoms with Crippen LogP contribution in [-0.2, 0) is 0 Å². The van der Waals surface area contributed by atoms with Gasteiger partial charge in [-0.1, -0.05) is 52.9 Å². The van der Waals surface area contributed by atoms with E-state index in [1.165, 1.54) is 70.8 Å². The quantitative estimate of drug-likeness (QED) is 0.724. The van der Waals surface area contributed by atoms with Crippen LogP contribution in [0.2, 0.25) is 0 Å². The van der Waals surface area contributed by atoms with Crippen LogP contribution in [0.4, 0.5) is 0 Å². The van der Waals surface area contributed by atoms with Gasteiger partial charge in [-0.2, -0.15) is 0 Å². The lowest BCUT2D eigenvalue weighted by molar-refractivity contribution is 0.179. The van der Waals surface area contributed by atoms with E-state index in [0.717, 1.165) is 17.9 Å². The van der Waals surface area contributed by atoms with Crippen molar-refractivity contribution in [1.29, 1.82) is 0 Å². The summed E-state index contributed by atoms with van der Waals surface area (Å²) in [6.45, 7) is 8.53. The predicted octanol–water partition coefficient (Wildman–Crippen LogP) is 5.15. The molecule has 1 N–H and O–H groups in total. The molecule has 0 aromatic rings. The van der Waals surface area contributed by atoms with E-state index in [-0.39, 0.29) is 0 Å². The van der Waals surface area contributed by atoms with Crippen LogP contribution < -0.4 is 5.32 Å². The maximum Gasteiger partial charge on any atom is 0.00699 e. The first-order valence-electron chi connectivity index (χ1n) is 8.81. The first-order chi connectivity index (χ1) is 9.07.